The van der Waals surface area contributed by atoms with Crippen molar-refractivity contribution in [2.45, 2.75) is 43.1 Å². The van der Waals surface area contributed by atoms with E-state index >= 15 is 0 Å². The molecule has 1 fully saturated rings. The Morgan fingerprint density at radius 3 is 2.33 bits per heavy atom. The van der Waals surface area contributed by atoms with E-state index in [0.29, 0.717) is 11.1 Å². The van der Waals surface area contributed by atoms with Gasteiger partial charge in [0.25, 0.3) is 0 Å². The first-order valence-corrected chi connectivity index (χ1v) is 11.3. The summed E-state index contributed by atoms with van der Waals surface area (Å²) in [4.78, 5) is 24.8. The topological polar surface area (TPSA) is 181 Å². The highest BCUT2D eigenvalue weighted by atomic mass is 16.8. The van der Waals surface area contributed by atoms with Gasteiger partial charge < -0.3 is 49.2 Å². The van der Waals surface area contributed by atoms with Crippen LogP contribution in [0.1, 0.15) is 10.4 Å². The zero-order valence-electron chi connectivity index (χ0n) is 19.2. The van der Waals surface area contributed by atoms with Gasteiger partial charge in [-0.2, -0.15) is 0 Å². The Morgan fingerprint density at radius 1 is 0.944 bits per heavy atom. The predicted octanol–water partition coefficient (Wildman–Crippen LogP) is -1.39. The van der Waals surface area contributed by atoms with Gasteiger partial charge in [0.05, 0.1) is 43.1 Å². The number of aliphatic hydroxyl groups excluding tert-OH is 5. The number of methoxy groups -OCH3 is 1. The van der Waals surface area contributed by atoms with Gasteiger partial charge in [0.1, 0.15) is 31.0 Å². The van der Waals surface area contributed by atoms with Crippen molar-refractivity contribution in [2.75, 3.05) is 20.3 Å². The van der Waals surface area contributed by atoms with Crippen LogP contribution in [-0.4, -0.2) is 101 Å². The number of aliphatic hydroxyl groups is 5. The molecule has 2 aliphatic heterocycles. The van der Waals surface area contributed by atoms with Gasteiger partial charge in [-0.05, 0) is 17.7 Å². The normalized spacial score (nSPS) is 35.7. The number of hydrogen-bond donors (Lipinski definition) is 5. The second-order valence-electron chi connectivity index (χ2n) is 8.63. The summed E-state index contributed by atoms with van der Waals surface area (Å²) in [7, 11) is 1.17. The summed E-state index contributed by atoms with van der Waals surface area (Å²) >= 11 is 0. The molecule has 4 rings (SSSR count). The van der Waals surface area contributed by atoms with Crippen molar-refractivity contribution in [1.82, 2.24) is 0 Å². The number of hydrogen-bond acceptors (Lipinski definition) is 12. The molecule has 0 amide bonds. The number of carbonyl (C=O) groups excluding carboxylic acids is 2. The van der Waals surface area contributed by atoms with Crippen molar-refractivity contribution in [3.05, 3.63) is 59.4 Å². The smallest absolute Gasteiger partial charge is 0.338 e. The lowest BCUT2D eigenvalue weighted by atomic mass is 9.82. The first-order valence-electron chi connectivity index (χ1n) is 11.3. The third-order valence-corrected chi connectivity index (χ3v) is 6.47. The molecule has 9 unspecified atom stereocenters. The van der Waals surface area contributed by atoms with E-state index in [4.69, 9.17) is 23.7 Å². The third-order valence-electron chi connectivity index (χ3n) is 6.47. The molecule has 36 heavy (non-hydrogen) atoms. The Balaban J connectivity index is 1.56. The Labute approximate surface area is 205 Å². The maximum Gasteiger partial charge on any atom is 0.338 e. The van der Waals surface area contributed by atoms with E-state index in [1.165, 1.54) is 13.2 Å². The molecule has 12 heteroatoms. The SMILES string of the molecule is COC(=O)C1=COC(OC2OC(CO)C(O)C(O)C2O)C2C(COC(=O)c3ccccc3)=CC(O)C12. The number of carbonyl (C=O) groups is 2. The van der Waals surface area contributed by atoms with Crippen LogP contribution < -0.4 is 0 Å². The molecule has 12 nitrogen and oxygen atoms in total. The molecule has 9 atom stereocenters. The second kappa shape index (κ2) is 11.0. The van der Waals surface area contributed by atoms with E-state index in [1.54, 1.807) is 30.3 Å². The largest absolute Gasteiger partial charge is 0.471 e. The zero-order chi connectivity index (χ0) is 26.0. The highest BCUT2D eigenvalue weighted by Crippen LogP contribution is 2.45. The van der Waals surface area contributed by atoms with Crippen molar-refractivity contribution >= 4 is 11.9 Å². The van der Waals surface area contributed by atoms with Gasteiger partial charge in [0, 0.05) is 5.92 Å². The van der Waals surface area contributed by atoms with E-state index in [9.17, 15) is 35.1 Å². The molecular weight excluding hydrogens is 480 g/mol. The Hall–Kier alpha value is -2.84. The van der Waals surface area contributed by atoms with Crippen molar-refractivity contribution in [2.24, 2.45) is 11.8 Å². The van der Waals surface area contributed by atoms with Crippen LogP contribution in [0.3, 0.4) is 0 Å². The molecule has 1 aromatic rings. The van der Waals surface area contributed by atoms with Gasteiger partial charge >= 0.3 is 11.9 Å². The monoisotopic (exact) mass is 508 g/mol. The lowest BCUT2D eigenvalue weighted by molar-refractivity contribution is -0.340. The van der Waals surface area contributed by atoms with Gasteiger partial charge in [-0.1, -0.05) is 24.3 Å². The van der Waals surface area contributed by atoms with Gasteiger partial charge in [0.15, 0.2) is 6.29 Å². The molecule has 1 saturated heterocycles. The average molecular weight is 508 g/mol. The van der Waals surface area contributed by atoms with Crippen molar-refractivity contribution < 1.29 is 58.8 Å². The number of esters is 2. The maximum atomic E-state index is 12.5. The molecule has 5 N–H and O–H groups in total. The Kier molecular flexibility index (Phi) is 8.05. The summed E-state index contributed by atoms with van der Waals surface area (Å²) in [6, 6.07) is 8.26. The second-order valence-corrected chi connectivity index (χ2v) is 8.63. The van der Waals surface area contributed by atoms with Crippen LogP contribution in [0, 0.1) is 11.8 Å². The molecule has 0 saturated carbocycles. The van der Waals surface area contributed by atoms with Gasteiger partial charge in [-0.15, -0.1) is 0 Å². The fourth-order valence-corrected chi connectivity index (χ4v) is 4.58. The average Bonchev–Trinajstić information content (AvgIpc) is 3.24. The quantitative estimate of drug-likeness (QED) is 0.215. The summed E-state index contributed by atoms with van der Waals surface area (Å²) < 4.78 is 27.0. The molecule has 1 aromatic carbocycles. The van der Waals surface area contributed by atoms with Gasteiger partial charge in [-0.25, -0.2) is 9.59 Å². The minimum Gasteiger partial charge on any atom is -0.471 e. The zero-order valence-corrected chi connectivity index (χ0v) is 19.2. The molecule has 1 aliphatic carbocycles. The minimum atomic E-state index is -1.70. The minimum absolute atomic E-state index is 0.0179. The lowest BCUT2D eigenvalue weighted by Gasteiger charge is -2.43. The fourth-order valence-electron chi connectivity index (χ4n) is 4.58. The molecular formula is C24H28O12. The van der Waals surface area contributed by atoms with Crippen molar-refractivity contribution in [1.29, 1.82) is 0 Å². The van der Waals surface area contributed by atoms with E-state index in [1.807, 2.05) is 0 Å². The van der Waals surface area contributed by atoms with Crippen molar-refractivity contribution in [3.8, 4) is 0 Å². The Morgan fingerprint density at radius 2 is 1.67 bits per heavy atom. The first kappa shape index (κ1) is 26.2. The summed E-state index contributed by atoms with van der Waals surface area (Å²) in [5, 5.41) is 50.7. The summed E-state index contributed by atoms with van der Waals surface area (Å²) in [5.41, 5.74) is 0.711. The number of fused-ring (bicyclic) bond motifs is 1. The van der Waals surface area contributed by atoms with Crippen LogP contribution in [0.15, 0.2) is 53.8 Å². The summed E-state index contributed by atoms with van der Waals surface area (Å²) in [6.45, 7) is -0.924. The van der Waals surface area contributed by atoms with Crippen molar-refractivity contribution in [3.63, 3.8) is 0 Å². The van der Waals surface area contributed by atoms with Crippen LogP contribution in [0.25, 0.3) is 0 Å². The summed E-state index contributed by atoms with van der Waals surface area (Å²) in [5.74, 6) is -3.13. The molecule has 3 aliphatic rings. The molecule has 2 heterocycles. The highest BCUT2D eigenvalue weighted by molar-refractivity contribution is 5.90. The number of ether oxygens (including phenoxy) is 5. The molecule has 0 spiro atoms. The van der Waals surface area contributed by atoms with Gasteiger partial charge in [0.2, 0.25) is 6.29 Å². The number of rotatable bonds is 7. The fraction of sp³-hybridized carbons (Fsp3) is 0.500. The predicted molar refractivity (Wildman–Crippen MR) is 118 cm³/mol. The molecule has 0 radical (unpaired) electrons. The standard InChI is InChI=1S/C24H28O12/c1-32-22(31)13-10-34-23(36-24-20(29)19(28)18(27)15(8-25)35-24)16-12(7-14(26)17(13)16)9-33-21(30)11-5-3-2-4-6-11/h2-7,10,14-20,23-29H,8-9H2,1H3. The molecule has 196 valence electrons. The highest BCUT2D eigenvalue weighted by Gasteiger charge is 2.52. The van der Waals surface area contributed by atoms with Crippen LogP contribution in [-0.2, 0) is 28.5 Å². The molecule has 0 aromatic heterocycles. The maximum absolute atomic E-state index is 12.5. The third kappa shape index (κ3) is 5.02. The first-order chi connectivity index (χ1) is 17.3. The van der Waals surface area contributed by atoms with E-state index in [2.05, 4.69) is 0 Å². The molecule has 0 bridgehead atoms. The van der Waals surface area contributed by atoms with E-state index < -0.39 is 73.5 Å². The van der Waals surface area contributed by atoms with Crippen LogP contribution in [0.4, 0.5) is 0 Å². The van der Waals surface area contributed by atoms with Crippen LogP contribution in [0.5, 0.6) is 0 Å². The van der Waals surface area contributed by atoms with Crippen LogP contribution in [0.2, 0.25) is 0 Å². The summed E-state index contributed by atoms with van der Waals surface area (Å²) in [6.07, 6.45) is -7.70. The van der Waals surface area contributed by atoms with Crippen LogP contribution >= 0.6 is 0 Å². The Bertz CT molecular complexity index is 1010. The lowest BCUT2D eigenvalue weighted by Crippen LogP contribution is -2.60. The number of benzene rings is 1. The van der Waals surface area contributed by atoms with Gasteiger partial charge in [-0.3, -0.25) is 0 Å². The van der Waals surface area contributed by atoms with E-state index in [-0.39, 0.29) is 12.2 Å². The van der Waals surface area contributed by atoms with E-state index in [0.717, 1.165) is 6.26 Å².